The van der Waals surface area contributed by atoms with Gasteiger partial charge in [-0.3, -0.25) is 10.1 Å². The molecular weight excluding hydrogens is 336 g/mol. The summed E-state index contributed by atoms with van der Waals surface area (Å²) in [5.74, 6) is 0.616. The van der Waals surface area contributed by atoms with Gasteiger partial charge in [0, 0.05) is 6.04 Å². The standard InChI is InChI=1S/C14H17ClN6O3/c1-2-10(13-19-17-8-24-13)20(9-5-3-4-6-9)12-11(21(22)23)7-16-14(15)18-12/h7-10H,2-6H2,1H3. The van der Waals surface area contributed by atoms with E-state index in [2.05, 4.69) is 20.2 Å². The van der Waals surface area contributed by atoms with E-state index in [0.717, 1.165) is 31.9 Å². The molecule has 1 saturated carbocycles. The Balaban J connectivity index is 2.11. The molecule has 2 aromatic rings. The molecule has 0 aromatic carbocycles. The second-order valence-corrected chi connectivity index (χ2v) is 5.99. The second-order valence-electron chi connectivity index (χ2n) is 5.65. The van der Waals surface area contributed by atoms with E-state index < -0.39 is 4.92 Å². The van der Waals surface area contributed by atoms with Gasteiger partial charge in [0.25, 0.3) is 0 Å². The Labute approximate surface area is 143 Å². The Morgan fingerprint density at radius 2 is 2.25 bits per heavy atom. The minimum atomic E-state index is -0.492. The molecule has 0 aliphatic heterocycles. The number of aromatic nitrogens is 4. The van der Waals surface area contributed by atoms with Crippen molar-refractivity contribution in [1.82, 2.24) is 20.2 Å². The number of hydrogen-bond acceptors (Lipinski definition) is 8. The SMILES string of the molecule is CCC(c1nnco1)N(c1nc(Cl)ncc1[N+](=O)[O-])C1CCCC1. The van der Waals surface area contributed by atoms with Crippen molar-refractivity contribution in [3.63, 3.8) is 0 Å². The van der Waals surface area contributed by atoms with Crippen LogP contribution in [-0.2, 0) is 0 Å². The molecule has 0 radical (unpaired) electrons. The lowest BCUT2D eigenvalue weighted by atomic mass is 10.1. The molecule has 3 rings (SSSR count). The summed E-state index contributed by atoms with van der Waals surface area (Å²) in [6, 6.07) is -0.202. The maximum absolute atomic E-state index is 11.5. The average molecular weight is 353 g/mol. The molecule has 0 bridgehead atoms. The number of hydrogen-bond donors (Lipinski definition) is 0. The summed E-state index contributed by atoms with van der Waals surface area (Å²) in [7, 11) is 0. The number of anilines is 1. The van der Waals surface area contributed by atoms with Gasteiger partial charge < -0.3 is 9.32 Å². The first-order valence-electron chi connectivity index (χ1n) is 7.83. The fraction of sp³-hybridized carbons (Fsp3) is 0.571. The van der Waals surface area contributed by atoms with Crippen LogP contribution in [0, 0.1) is 10.1 Å². The zero-order valence-electron chi connectivity index (χ0n) is 13.1. The summed E-state index contributed by atoms with van der Waals surface area (Å²) < 4.78 is 5.37. The van der Waals surface area contributed by atoms with Crippen LogP contribution >= 0.6 is 11.6 Å². The van der Waals surface area contributed by atoms with Gasteiger partial charge in [0.15, 0.2) is 0 Å². The van der Waals surface area contributed by atoms with Crippen LogP contribution < -0.4 is 4.90 Å². The van der Waals surface area contributed by atoms with Crippen molar-refractivity contribution >= 4 is 23.1 Å². The van der Waals surface area contributed by atoms with Gasteiger partial charge in [-0.15, -0.1) is 10.2 Å². The van der Waals surface area contributed by atoms with E-state index in [1.165, 1.54) is 6.39 Å². The van der Waals surface area contributed by atoms with Crippen LogP contribution in [0.15, 0.2) is 17.0 Å². The largest absolute Gasteiger partial charge is 0.426 e. The third-order valence-corrected chi connectivity index (χ3v) is 4.45. The van der Waals surface area contributed by atoms with E-state index in [1.807, 2.05) is 11.8 Å². The molecule has 24 heavy (non-hydrogen) atoms. The monoisotopic (exact) mass is 352 g/mol. The highest BCUT2D eigenvalue weighted by molar-refractivity contribution is 6.28. The summed E-state index contributed by atoms with van der Waals surface area (Å²) in [5.41, 5.74) is -0.177. The summed E-state index contributed by atoms with van der Waals surface area (Å²) in [5, 5.41) is 19.2. The Kier molecular flexibility index (Phi) is 4.89. The topological polar surface area (TPSA) is 111 Å². The van der Waals surface area contributed by atoms with Crippen LogP contribution in [0.1, 0.15) is 51.0 Å². The highest BCUT2D eigenvalue weighted by Gasteiger charge is 2.36. The van der Waals surface area contributed by atoms with E-state index in [1.54, 1.807) is 0 Å². The molecule has 0 amide bonds. The molecule has 0 N–H and O–H groups in total. The van der Waals surface area contributed by atoms with E-state index in [4.69, 9.17) is 16.0 Å². The Hall–Kier alpha value is -2.29. The molecule has 10 heteroatoms. The molecule has 1 unspecified atom stereocenters. The van der Waals surface area contributed by atoms with Crippen LogP contribution in [0.5, 0.6) is 0 Å². The van der Waals surface area contributed by atoms with Crippen molar-refractivity contribution in [3.05, 3.63) is 33.9 Å². The molecule has 0 spiro atoms. The fourth-order valence-corrected chi connectivity index (χ4v) is 3.37. The number of halogens is 1. The lowest BCUT2D eigenvalue weighted by molar-refractivity contribution is -0.384. The smallest absolute Gasteiger partial charge is 0.329 e. The van der Waals surface area contributed by atoms with Crippen LogP contribution in [0.25, 0.3) is 0 Å². The Bertz CT molecular complexity index is 705. The first-order chi connectivity index (χ1) is 11.6. The molecule has 0 saturated heterocycles. The van der Waals surface area contributed by atoms with Gasteiger partial charge in [0.2, 0.25) is 23.4 Å². The van der Waals surface area contributed by atoms with Crippen molar-refractivity contribution in [3.8, 4) is 0 Å². The first-order valence-corrected chi connectivity index (χ1v) is 8.21. The zero-order chi connectivity index (χ0) is 17.1. The number of nitrogens with zero attached hydrogens (tertiary/aromatic N) is 6. The maximum Gasteiger partial charge on any atom is 0.329 e. The van der Waals surface area contributed by atoms with Gasteiger partial charge in [-0.1, -0.05) is 19.8 Å². The summed E-state index contributed by atoms with van der Waals surface area (Å²) in [6.07, 6.45) is 7.01. The predicted molar refractivity (Wildman–Crippen MR) is 85.8 cm³/mol. The molecule has 1 aliphatic rings. The molecule has 2 aromatic heterocycles. The van der Waals surface area contributed by atoms with E-state index in [0.29, 0.717) is 12.3 Å². The second kappa shape index (κ2) is 7.08. The lowest BCUT2D eigenvalue weighted by Crippen LogP contribution is -2.38. The van der Waals surface area contributed by atoms with Gasteiger partial charge in [0.05, 0.1) is 4.92 Å². The van der Waals surface area contributed by atoms with Crippen LogP contribution in [0.2, 0.25) is 5.28 Å². The normalized spacial score (nSPS) is 16.2. The third kappa shape index (κ3) is 3.16. The third-order valence-electron chi connectivity index (χ3n) is 4.26. The maximum atomic E-state index is 11.5. The summed E-state index contributed by atoms with van der Waals surface area (Å²) in [4.78, 5) is 20.8. The predicted octanol–water partition coefficient (Wildman–Crippen LogP) is 3.32. The van der Waals surface area contributed by atoms with E-state index in [9.17, 15) is 10.1 Å². The van der Waals surface area contributed by atoms with Gasteiger partial charge in [-0.25, -0.2) is 4.98 Å². The van der Waals surface area contributed by atoms with Crippen molar-refractivity contribution in [2.24, 2.45) is 0 Å². The fourth-order valence-electron chi connectivity index (χ4n) is 3.24. The summed E-state index contributed by atoms with van der Waals surface area (Å²) >= 11 is 5.92. The van der Waals surface area contributed by atoms with Crippen LogP contribution in [0.4, 0.5) is 11.5 Å². The highest BCUT2D eigenvalue weighted by Crippen LogP contribution is 2.39. The molecule has 1 aliphatic carbocycles. The lowest BCUT2D eigenvalue weighted by Gasteiger charge is -2.34. The van der Waals surface area contributed by atoms with Crippen molar-refractivity contribution in [2.45, 2.75) is 51.1 Å². The molecule has 2 heterocycles. The highest BCUT2D eigenvalue weighted by atomic mass is 35.5. The van der Waals surface area contributed by atoms with Gasteiger partial charge >= 0.3 is 5.69 Å². The Morgan fingerprint density at radius 3 is 2.83 bits per heavy atom. The first kappa shape index (κ1) is 16.6. The average Bonchev–Trinajstić information content (AvgIpc) is 3.25. The van der Waals surface area contributed by atoms with Crippen molar-refractivity contribution < 1.29 is 9.34 Å². The van der Waals surface area contributed by atoms with Gasteiger partial charge in [0.1, 0.15) is 12.2 Å². The quantitative estimate of drug-likeness (QED) is 0.442. The van der Waals surface area contributed by atoms with Crippen LogP contribution in [0.3, 0.4) is 0 Å². The molecular formula is C14H17ClN6O3. The summed E-state index contributed by atoms with van der Waals surface area (Å²) in [6.45, 7) is 1.96. The van der Waals surface area contributed by atoms with Gasteiger partial charge in [-0.05, 0) is 30.9 Å². The Morgan fingerprint density at radius 1 is 1.50 bits per heavy atom. The minimum absolute atomic E-state index is 0.0287. The van der Waals surface area contributed by atoms with E-state index >= 15 is 0 Å². The number of rotatable bonds is 6. The molecule has 1 atom stereocenters. The van der Waals surface area contributed by atoms with Crippen LogP contribution in [-0.4, -0.2) is 31.1 Å². The molecule has 128 valence electrons. The van der Waals surface area contributed by atoms with Gasteiger partial charge in [-0.2, -0.15) is 4.98 Å². The van der Waals surface area contributed by atoms with Crippen molar-refractivity contribution in [1.29, 1.82) is 0 Å². The van der Waals surface area contributed by atoms with E-state index in [-0.39, 0.29) is 28.9 Å². The van der Waals surface area contributed by atoms with Crippen molar-refractivity contribution in [2.75, 3.05) is 4.90 Å². The minimum Gasteiger partial charge on any atom is -0.426 e. The molecule has 9 nitrogen and oxygen atoms in total. The number of nitro groups is 1. The molecule has 1 fully saturated rings. The zero-order valence-corrected chi connectivity index (χ0v) is 13.9.